The Labute approximate surface area is 125 Å². The SMILES string of the molecule is CNc1nc(-c2ccccc2)cc(-c2ccccc2)c1C. The second-order valence-electron chi connectivity index (χ2n) is 5.01. The maximum Gasteiger partial charge on any atom is 0.129 e. The van der Waals surface area contributed by atoms with Crippen LogP contribution in [0.2, 0.25) is 0 Å². The van der Waals surface area contributed by atoms with Gasteiger partial charge in [0.05, 0.1) is 5.69 Å². The number of rotatable bonds is 3. The first kappa shape index (κ1) is 13.4. The van der Waals surface area contributed by atoms with Crippen molar-refractivity contribution in [1.82, 2.24) is 4.98 Å². The lowest BCUT2D eigenvalue weighted by molar-refractivity contribution is 1.24. The molecule has 3 rings (SSSR count). The van der Waals surface area contributed by atoms with E-state index in [-0.39, 0.29) is 0 Å². The third-order valence-electron chi connectivity index (χ3n) is 3.66. The maximum atomic E-state index is 4.74. The molecule has 2 heteroatoms. The third kappa shape index (κ3) is 2.65. The normalized spacial score (nSPS) is 10.4. The van der Waals surface area contributed by atoms with Gasteiger partial charge in [-0.05, 0) is 29.7 Å². The molecule has 0 saturated carbocycles. The summed E-state index contributed by atoms with van der Waals surface area (Å²) in [5.41, 5.74) is 5.72. The first-order chi connectivity index (χ1) is 10.3. The van der Waals surface area contributed by atoms with Crippen molar-refractivity contribution in [2.24, 2.45) is 0 Å². The van der Waals surface area contributed by atoms with Crippen molar-refractivity contribution >= 4 is 5.82 Å². The summed E-state index contributed by atoms with van der Waals surface area (Å²) >= 11 is 0. The Hall–Kier alpha value is -2.61. The fourth-order valence-corrected chi connectivity index (χ4v) is 2.53. The van der Waals surface area contributed by atoms with Crippen LogP contribution in [0.25, 0.3) is 22.4 Å². The van der Waals surface area contributed by atoms with Crippen LogP contribution in [0.3, 0.4) is 0 Å². The van der Waals surface area contributed by atoms with Crippen LogP contribution >= 0.6 is 0 Å². The molecule has 2 nitrogen and oxygen atoms in total. The van der Waals surface area contributed by atoms with Gasteiger partial charge in [-0.1, -0.05) is 60.7 Å². The lowest BCUT2D eigenvalue weighted by atomic mass is 9.99. The first-order valence-electron chi connectivity index (χ1n) is 7.10. The fraction of sp³-hybridized carbons (Fsp3) is 0.105. The Morgan fingerprint density at radius 3 is 1.95 bits per heavy atom. The predicted molar refractivity (Wildman–Crippen MR) is 89.4 cm³/mol. The minimum atomic E-state index is 0.926. The Morgan fingerprint density at radius 1 is 0.810 bits per heavy atom. The number of nitrogens with one attached hydrogen (secondary N) is 1. The third-order valence-corrected chi connectivity index (χ3v) is 3.66. The van der Waals surface area contributed by atoms with Crippen LogP contribution in [0, 0.1) is 6.92 Å². The van der Waals surface area contributed by atoms with E-state index < -0.39 is 0 Å². The molecule has 0 radical (unpaired) electrons. The number of pyridine rings is 1. The number of hydrogen-bond donors (Lipinski definition) is 1. The quantitative estimate of drug-likeness (QED) is 0.744. The molecule has 0 fully saturated rings. The molecule has 1 N–H and O–H groups in total. The summed E-state index contributed by atoms with van der Waals surface area (Å²) in [5.74, 6) is 0.926. The highest BCUT2D eigenvalue weighted by molar-refractivity contribution is 5.77. The molecular weight excluding hydrogens is 256 g/mol. The number of aromatic nitrogens is 1. The second kappa shape index (κ2) is 5.80. The van der Waals surface area contributed by atoms with Crippen molar-refractivity contribution in [2.75, 3.05) is 12.4 Å². The minimum absolute atomic E-state index is 0.926. The Kier molecular flexibility index (Phi) is 3.69. The molecule has 0 aliphatic rings. The average molecular weight is 274 g/mol. The van der Waals surface area contributed by atoms with Gasteiger partial charge >= 0.3 is 0 Å². The van der Waals surface area contributed by atoms with Crippen molar-refractivity contribution in [3.63, 3.8) is 0 Å². The molecule has 2 aromatic carbocycles. The number of hydrogen-bond acceptors (Lipinski definition) is 2. The van der Waals surface area contributed by atoms with E-state index in [1.807, 2.05) is 31.3 Å². The highest BCUT2D eigenvalue weighted by Crippen LogP contribution is 2.31. The highest BCUT2D eigenvalue weighted by Gasteiger charge is 2.10. The smallest absolute Gasteiger partial charge is 0.129 e. The minimum Gasteiger partial charge on any atom is -0.373 e. The zero-order valence-corrected chi connectivity index (χ0v) is 12.3. The van der Waals surface area contributed by atoms with Crippen LogP contribution in [-0.2, 0) is 0 Å². The van der Waals surface area contributed by atoms with Gasteiger partial charge in [0.1, 0.15) is 5.82 Å². The summed E-state index contributed by atoms with van der Waals surface area (Å²) in [6.07, 6.45) is 0. The molecule has 1 aromatic heterocycles. The molecule has 21 heavy (non-hydrogen) atoms. The van der Waals surface area contributed by atoms with Gasteiger partial charge in [0, 0.05) is 12.6 Å². The molecule has 0 spiro atoms. The van der Waals surface area contributed by atoms with Gasteiger partial charge in [0.25, 0.3) is 0 Å². The van der Waals surface area contributed by atoms with E-state index in [9.17, 15) is 0 Å². The maximum absolute atomic E-state index is 4.74. The van der Waals surface area contributed by atoms with Gasteiger partial charge in [-0.15, -0.1) is 0 Å². The van der Waals surface area contributed by atoms with Gasteiger partial charge in [0.15, 0.2) is 0 Å². The van der Waals surface area contributed by atoms with E-state index >= 15 is 0 Å². The van der Waals surface area contributed by atoms with E-state index in [0.29, 0.717) is 0 Å². The molecule has 3 aromatic rings. The molecule has 0 saturated heterocycles. The summed E-state index contributed by atoms with van der Waals surface area (Å²) in [7, 11) is 1.92. The summed E-state index contributed by atoms with van der Waals surface area (Å²) < 4.78 is 0. The van der Waals surface area contributed by atoms with Crippen molar-refractivity contribution in [3.8, 4) is 22.4 Å². The van der Waals surface area contributed by atoms with Crippen molar-refractivity contribution < 1.29 is 0 Å². The summed E-state index contributed by atoms with van der Waals surface area (Å²) in [6.45, 7) is 2.11. The molecule has 0 aliphatic carbocycles. The van der Waals surface area contributed by atoms with Gasteiger partial charge in [-0.3, -0.25) is 0 Å². The van der Waals surface area contributed by atoms with Crippen molar-refractivity contribution in [2.45, 2.75) is 6.92 Å². The second-order valence-corrected chi connectivity index (χ2v) is 5.01. The van der Waals surface area contributed by atoms with Crippen LogP contribution < -0.4 is 5.32 Å². The van der Waals surface area contributed by atoms with E-state index in [1.54, 1.807) is 0 Å². The summed E-state index contributed by atoms with van der Waals surface area (Å²) in [4.78, 5) is 4.74. The van der Waals surface area contributed by atoms with E-state index in [4.69, 9.17) is 4.98 Å². The Morgan fingerprint density at radius 2 is 1.38 bits per heavy atom. The lowest BCUT2D eigenvalue weighted by Crippen LogP contribution is -1.99. The Balaban J connectivity index is 2.21. The van der Waals surface area contributed by atoms with Crippen molar-refractivity contribution in [1.29, 1.82) is 0 Å². The molecule has 0 aliphatic heterocycles. The van der Waals surface area contributed by atoms with Crippen molar-refractivity contribution in [3.05, 3.63) is 72.3 Å². The monoisotopic (exact) mass is 274 g/mol. The van der Waals surface area contributed by atoms with Gasteiger partial charge in [0.2, 0.25) is 0 Å². The highest BCUT2D eigenvalue weighted by atomic mass is 15.0. The molecular formula is C19H18N2. The average Bonchev–Trinajstić information content (AvgIpc) is 2.56. The van der Waals surface area contributed by atoms with Crippen LogP contribution in [0.1, 0.15) is 5.56 Å². The van der Waals surface area contributed by atoms with E-state index in [1.165, 1.54) is 16.7 Å². The van der Waals surface area contributed by atoms with Gasteiger partial charge < -0.3 is 5.32 Å². The van der Waals surface area contributed by atoms with Gasteiger partial charge in [-0.25, -0.2) is 4.98 Å². The predicted octanol–water partition coefficient (Wildman–Crippen LogP) is 4.77. The molecule has 0 amide bonds. The summed E-state index contributed by atoms with van der Waals surface area (Å²) in [6, 6.07) is 22.9. The topological polar surface area (TPSA) is 24.9 Å². The standard InChI is InChI=1S/C19H18N2/c1-14-17(15-9-5-3-6-10-15)13-18(21-19(14)20-2)16-11-7-4-8-12-16/h3-13H,1-2H3,(H,20,21). The largest absolute Gasteiger partial charge is 0.373 e. The summed E-state index contributed by atoms with van der Waals surface area (Å²) in [5, 5.41) is 3.20. The van der Waals surface area contributed by atoms with Crippen LogP contribution in [0.4, 0.5) is 5.82 Å². The van der Waals surface area contributed by atoms with Crippen LogP contribution in [0.5, 0.6) is 0 Å². The molecule has 0 bridgehead atoms. The zero-order chi connectivity index (χ0) is 14.7. The Bertz CT molecular complexity index is 734. The molecule has 0 atom stereocenters. The van der Waals surface area contributed by atoms with Crippen LogP contribution in [0.15, 0.2) is 66.7 Å². The molecule has 1 heterocycles. The van der Waals surface area contributed by atoms with E-state index in [0.717, 1.165) is 17.1 Å². The lowest BCUT2D eigenvalue weighted by Gasteiger charge is -2.13. The van der Waals surface area contributed by atoms with Crippen LogP contribution in [-0.4, -0.2) is 12.0 Å². The molecule has 104 valence electrons. The zero-order valence-electron chi connectivity index (χ0n) is 12.3. The molecule has 0 unspecified atom stereocenters. The number of benzene rings is 2. The fourth-order valence-electron chi connectivity index (χ4n) is 2.53. The number of nitrogens with zero attached hydrogens (tertiary/aromatic N) is 1. The first-order valence-corrected chi connectivity index (χ1v) is 7.10. The van der Waals surface area contributed by atoms with E-state index in [2.05, 4.69) is 54.7 Å². The van der Waals surface area contributed by atoms with Gasteiger partial charge in [-0.2, -0.15) is 0 Å². The number of anilines is 1.